The van der Waals surface area contributed by atoms with Gasteiger partial charge in [0.1, 0.15) is 17.7 Å². The fraction of sp³-hybridized carbons (Fsp3) is 0.471. The van der Waals surface area contributed by atoms with Crippen LogP contribution >= 0.6 is 0 Å². The summed E-state index contributed by atoms with van der Waals surface area (Å²) in [6.45, 7) is 3.25. The topological polar surface area (TPSA) is 39.5 Å². The lowest BCUT2D eigenvalue weighted by atomic mass is 10.1. The van der Waals surface area contributed by atoms with Gasteiger partial charge in [0.05, 0.1) is 13.2 Å². The molecule has 0 bridgehead atoms. The zero-order chi connectivity index (χ0) is 15.4. The largest absolute Gasteiger partial charge is 0.488 e. The van der Waals surface area contributed by atoms with Gasteiger partial charge in [0.25, 0.3) is 0 Å². The molecule has 0 saturated carbocycles. The average molecular weight is 301 g/mol. The highest BCUT2D eigenvalue weighted by atomic mass is 16.5. The number of benzene rings is 1. The van der Waals surface area contributed by atoms with Crippen molar-refractivity contribution in [1.82, 2.24) is 14.5 Å². The molecule has 1 atom stereocenters. The maximum Gasteiger partial charge on any atom is 0.123 e. The number of hydrogen-bond donors (Lipinski definition) is 0. The van der Waals surface area contributed by atoms with Crippen molar-refractivity contribution in [2.45, 2.75) is 25.6 Å². The van der Waals surface area contributed by atoms with Gasteiger partial charge in [0.2, 0.25) is 0 Å². The third kappa shape index (κ3) is 3.48. The number of fused-ring (bicyclic) bond motifs is 1. The maximum absolute atomic E-state index is 6.00. The maximum atomic E-state index is 6.00. The van der Waals surface area contributed by atoms with Crippen molar-refractivity contribution in [2.75, 3.05) is 27.3 Å². The van der Waals surface area contributed by atoms with Crippen molar-refractivity contribution in [1.29, 1.82) is 0 Å². The Bertz CT molecular complexity index is 586. The molecular weight excluding hydrogens is 278 g/mol. The lowest BCUT2D eigenvalue weighted by molar-refractivity contribution is 0.159. The van der Waals surface area contributed by atoms with Crippen LogP contribution in [0.4, 0.5) is 0 Å². The predicted molar refractivity (Wildman–Crippen MR) is 85.0 cm³/mol. The second-order valence-corrected chi connectivity index (χ2v) is 5.78. The first-order valence-corrected chi connectivity index (χ1v) is 7.68. The Hall–Kier alpha value is -1.85. The molecule has 2 heterocycles. The lowest BCUT2D eigenvalue weighted by Gasteiger charge is -2.21. The third-order valence-corrected chi connectivity index (χ3v) is 3.98. The van der Waals surface area contributed by atoms with Crippen LogP contribution in [-0.2, 0) is 24.2 Å². The molecular formula is C17H23N3O2. The number of hydrogen-bond acceptors (Lipinski definition) is 4. The summed E-state index contributed by atoms with van der Waals surface area (Å²) in [6, 6.07) is 8.29. The van der Waals surface area contributed by atoms with E-state index < -0.39 is 0 Å². The molecule has 5 nitrogen and oxygen atoms in total. The Morgan fingerprint density at radius 1 is 1.41 bits per heavy atom. The minimum atomic E-state index is 0.227. The summed E-state index contributed by atoms with van der Waals surface area (Å²) >= 11 is 0. The first-order chi connectivity index (χ1) is 10.8. The van der Waals surface area contributed by atoms with Gasteiger partial charge in [-0.2, -0.15) is 0 Å². The van der Waals surface area contributed by atoms with Gasteiger partial charge < -0.3 is 14.0 Å². The van der Waals surface area contributed by atoms with Gasteiger partial charge in [0.15, 0.2) is 0 Å². The van der Waals surface area contributed by atoms with E-state index in [1.54, 1.807) is 7.11 Å². The molecule has 2 aromatic rings. The lowest BCUT2D eigenvalue weighted by Crippen LogP contribution is -2.32. The number of para-hydroxylation sites is 1. The Morgan fingerprint density at radius 3 is 3.09 bits per heavy atom. The summed E-state index contributed by atoms with van der Waals surface area (Å²) in [6.07, 6.45) is 5.06. The fourth-order valence-electron chi connectivity index (χ4n) is 2.89. The van der Waals surface area contributed by atoms with Crippen LogP contribution in [0.5, 0.6) is 5.75 Å². The van der Waals surface area contributed by atoms with E-state index in [0.29, 0.717) is 6.61 Å². The van der Waals surface area contributed by atoms with Gasteiger partial charge in [-0.05, 0) is 18.7 Å². The molecule has 0 radical (unpaired) electrons. The van der Waals surface area contributed by atoms with Crippen molar-refractivity contribution in [3.8, 4) is 5.75 Å². The van der Waals surface area contributed by atoms with Gasteiger partial charge in [-0.3, -0.25) is 4.90 Å². The Morgan fingerprint density at radius 2 is 2.27 bits per heavy atom. The molecule has 1 aromatic carbocycles. The molecule has 1 unspecified atom stereocenters. The Labute approximate surface area is 131 Å². The standard InChI is InChI=1S/C17H23N3O2/c1-19(13-17-18-7-8-20(17)9-10-21-2)12-15-11-14-5-3-4-6-16(14)22-15/h3-8,15H,9-13H2,1-2H3. The van der Waals surface area contributed by atoms with Crippen LogP contribution in [0.1, 0.15) is 11.4 Å². The quantitative estimate of drug-likeness (QED) is 0.784. The van der Waals surface area contributed by atoms with Gasteiger partial charge >= 0.3 is 0 Å². The molecule has 0 fully saturated rings. The van der Waals surface area contributed by atoms with Gasteiger partial charge in [-0.25, -0.2) is 4.98 Å². The normalized spacial score (nSPS) is 16.8. The summed E-state index contributed by atoms with van der Waals surface area (Å²) in [7, 11) is 3.83. The number of nitrogens with zero attached hydrogens (tertiary/aromatic N) is 3. The van der Waals surface area contributed by atoms with Crippen molar-refractivity contribution in [3.05, 3.63) is 48.0 Å². The molecule has 1 aliphatic heterocycles. The van der Waals surface area contributed by atoms with Gasteiger partial charge in [-0.1, -0.05) is 18.2 Å². The molecule has 0 saturated heterocycles. The highest BCUT2D eigenvalue weighted by molar-refractivity contribution is 5.37. The molecule has 0 N–H and O–H groups in total. The van der Waals surface area contributed by atoms with Crippen LogP contribution in [0.2, 0.25) is 0 Å². The third-order valence-electron chi connectivity index (χ3n) is 3.98. The van der Waals surface area contributed by atoms with Crippen LogP contribution in [0.15, 0.2) is 36.7 Å². The van der Waals surface area contributed by atoms with E-state index in [0.717, 1.165) is 37.6 Å². The van der Waals surface area contributed by atoms with Crippen molar-refractivity contribution >= 4 is 0 Å². The molecule has 1 aliphatic rings. The number of aromatic nitrogens is 2. The minimum Gasteiger partial charge on any atom is -0.488 e. The summed E-state index contributed by atoms with van der Waals surface area (Å²) in [5.41, 5.74) is 1.31. The van der Waals surface area contributed by atoms with E-state index in [2.05, 4.69) is 33.6 Å². The summed E-state index contributed by atoms with van der Waals surface area (Å²) in [5.74, 6) is 2.09. The van der Waals surface area contributed by atoms with Crippen LogP contribution < -0.4 is 4.74 Å². The van der Waals surface area contributed by atoms with E-state index >= 15 is 0 Å². The average Bonchev–Trinajstić information content (AvgIpc) is 3.10. The SMILES string of the molecule is COCCn1ccnc1CN(C)CC1Cc2ccccc2O1. The number of ether oxygens (including phenoxy) is 2. The van der Waals surface area contributed by atoms with Crippen molar-refractivity contribution in [3.63, 3.8) is 0 Å². The second kappa shape index (κ2) is 6.94. The molecule has 0 spiro atoms. The van der Waals surface area contributed by atoms with E-state index in [1.165, 1.54) is 5.56 Å². The summed E-state index contributed by atoms with van der Waals surface area (Å²) in [4.78, 5) is 6.71. The van der Waals surface area contributed by atoms with Crippen LogP contribution in [0, 0.1) is 0 Å². The summed E-state index contributed by atoms with van der Waals surface area (Å²) in [5, 5.41) is 0. The number of imidazole rings is 1. The smallest absolute Gasteiger partial charge is 0.123 e. The molecule has 0 aliphatic carbocycles. The Balaban J connectivity index is 1.53. The molecule has 22 heavy (non-hydrogen) atoms. The van der Waals surface area contributed by atoms with Gasteiger partial charge in [-0.15, -0.1) is 0 Å². The zero-order valence-corrected chi connectivity index (χ0v) is 13.2. The number of methoxy groups -OCH3 is 1. The first kappa shape index (κ1) is 15.1. The number of rotatable bonds is 7. The summed E-state index contributed by atoms with van der Waals surface area (Å²) < 4.78 is 13.3. The van der Waals surface area contributed by atoms with Crippen LogP contribution in [0.3, 0.4) is 0 Å². The fourth-order valence-corrected chi connectivity index (χ4v) is 2.89. The Kier molecular flexibility index (Phi) is 4.75. The van der Waals surface area contributed by atoms with E-state index in [9.17, 15) is 0 Å². The minimum absolute atomic E-state index is 0.227. The van der Waals surface area contributed by atoms with Gasteiger partial charge in [0, 0.05) is 39.0 Å². The van der Waals surface area contributed by atoms with E-state index in [1.807, 2.05) is 24.5 Å². The van der Waals surface area contributed by atoms with Crippen LogP contribution in [0.25, 0.3) is 0 Å². The first-order valence-electron chi connectivity index (χ1n) is 7.68. The van der Waals surface area contributed by atoms with Crippen molar-refractivity contribution < 1.29 is 9.47 Å². The number of likely N-dealkylation sites (N-methyl/N-ethyl adjacent to an activating group) is 1. The molecule has 3 rings (SSSR count). The second-order valence-electron chi connectivity index (χ2n) is 5.78. The predicted octanol–water partition coefficient (Wildman–Crippen LogP) is 1.96. The molecule has 1 aromatic heterocycles. The molecule has 118 valence electrons. The monoisotopic (exact) mass is 301 g/mol. The highest BCUT2D eigenvalue weighted by Gasteiger charge is 2.23. The van der Waals surface area contributed by atoms with E-state index in [4.69, 9.17) is 9.47 Å². The van der Waals surface area contributed by atoms with E-state index in [-0.39, 0.29) is 6.10 Å². The van der Waals surface area contributed by atoms with Crippen molar-refractivity contribution in [2.24, 2.45) is 0 Å². The molecule has 5 heteroatoms. The van der Waals surface area contributed by atoms with Crippen LogP contribution in [-0.4, -0.2) is 47.9 Å². The zero-order valence-electron chi connectivity index (χ0n) is 13.2. The highest BCUT2D eigenvalue weighted by Crippen LogP contribution is 2.28. The molecule has 0 amide bonds.